The molecule has 0 aliphatic carbocycles. The maximum atomic E-state index is 11.3. The second-order valence-electron chi connectivity index (χ2n) is 5.37. The first-order valence-corrected chi connectivity index (χ1v) is 7.42. The average molecular weight is 347 g/mol. The Kier molecular flexibility index (Phi) is 4.02. The number of halogens is 1. The quantitative estimate of drug-likeness (QED) is 0.754. The van der Waals surface area contributed by atoms with Crippen molar-refractivity contribution in [1.82, 2.24) is 15.0 Å². The second kappa shape index (κ2) is 6.01. The topological polar surface area (TPSA) is 91.3 Å². The summed E-state index contributed by atoms with van der Waals surface area (Å²) in [6.07, 6.45) is 3.05. The summed E-state index contributed by atoms with van der Waals surface area (Å²) in [7, 11) is 5.16. The fraction of sp³-hybridized carbons (Fsp3) is 0.188. The van der Waals surface area contributed by atoms with Gasteiger partial charge in [-0.1, -0.05) is 11.6 Å². The molecule has 0 fully saturated rings. The van der Waals surface area contributed by atoms with E-state index < -0.39 is 5.97 Å². The van der Waals surface area contributed by atoms with E-state index in [1.165, 1.54) is 13.3 Å². The first-order chi connectivity index (χ1) is 11.4. The number of nitrogens with one attached hydrogen (secondary N) is 1. The number of hydrogen-bond acceptors (Lipinski definition) is 5. The molecule has 0 aliphatic rings. The third kappa shape index (κ3) is 2.63. The molecule has 2 N–H and O–H groups in total. The number of nitrogens with zero attached hydrogens (tertiary/aromatic N) is 3. The van der Waals surface area contributed by atoms with Crippen LogP contribution in [0.1, 0.15) is 10.4 Å². The van der Waals surface area contributed by atoms with E-state index >= 15 is 0 Å². The number of fused-ring (bicyclic) bond motifs is 1. The first kappa shape index (κ1) is 16.1. The van der Waals surface area contributed by atoms with Gasteiger partial charge in [0.05, 0.1) is 23.3 Å². The van der Waals surface area contributed by atoms with Gasteiger partial charge in [0.2, 0.25) is 11.8 Å². The van der Waals surface area contributed by atoms with E-state index in [2.05, 4.69) is 15.0 Å². The Balaban J connectivity index is 2.23. The number of anilines is 1. The van der Waals surface area contributed by atoms with E-state index in [-0.39, 0.29) is 5.56 Å². The van der Waals surface area contributed by atoms with Crippen LogP contribution < -0.4 is 9.64 Å². The van der Waals surface area contributed by atoms with Gasteiger partial charge in [-0.05, 0) is 12.1 Å². The molecule has 0 saturated heterocycles. The molecule has 0 aliphatic heterocycles. The zero-order valence-corrected chi connectivity index (χ0v) is 14.0. The number of carbonyl (C=O) groups is 1. The Morgan fingerprint density at radius 1 is 1.33 bits per heavy atom. The number of methoxy groups -OCH3 is 1. The van der Waals surface area contributed by atoms with Crippen LogP contribution in [-0.4, -0.2) is 47.2 Å². The molecule has 2 aromatic heterocycles. The molecule has 2 heterocycles. The Hall–Kier alpha value is -2.80. The molecule has 0 unspecified atom stereocenters. The van der Waals surface area contributed by atoms with E-state index in [4.69, 9.17) is 16.3 Å². The molecule has 7 nitrogen and oxygen atoms in total. The summed E-state index contributed by atoms with van der Waals surface area (Å²) in [5.74, 6) is -0.149. The summed E-state index contributed by atoms with van der Waals surface area (Å²) in [5.41, 5.74) is 2.01. The zero-order valence-electron chi connectivity index (χ0n) is 13.3. The Labute approximate surface area is 142 Å². The van der Waals surface area contributed by atoms with E-state index in [0.717, 1.165) is 0 Å². The molecule has 0 spiro atoms. The van der Waals surface area contributed by atoms with Crippen molar-refractivity contribution in [2.45, 2.75) is 0 Å². The Morgan fingerprint density at radius 3 is 2.71 bits per heavy atom. The lowest BCUT2D eigenvalue weighted by molar-refractivity contribution is 0.0699. The fourth-order valence-electron chi connectivity index (χ4n) is 2.44. The molecule has 0 atom stereocenters. The largest absolute Gasteiger partial charge is 0.480 e. The highest BCUT2D eigenvalue weighted by atomic mass is 35.5. The minimum absolute atomic E-state index is 0.174. The molecule has 0 radical (unpaired) electrons. The summed E-state index contributed by atoms with van der Waals surface area (Å²) in [5, 5.41) is 10.3. The van der Waals surface area contributed by atoms with Gasteiger partial charge in [0.25, 0.3) is 0 Å². The van der Waals surface area contributed by atoms with Crippen molar-refractivity contribution in [2.75, 3.05) is 26.1 Å². The number of aromatic carboxylic acids is 1. The number of carboxylic acid groups (broad SMARTS) is 1. The SMILES string of the molecule is COc1nc(N(C)C)ncc1-c1cc2c(C(=O)O)c[nH]c2cc1Cl. The van der Waals surface area contributed by atoms with Gasteiger partial charge in [0.1, 0.15) is 0 Å². The predicted molar refractivity (Wildman–Crippen MR) is 92.2 cm³/mol. The number of benzene rings is 1. The molecule has 124 valence electrons. The van der Waals surface area contributed by atoms with Crippen LogP contribution in [0.25, 0.3) is 22.0 Å². The molecule has 8 heteroatoms. The van der Waals surface area contributed by atoms with E-state index in [1.54, 1.807) is 23.2 Å². The van der Waals surface area contributed by atoms with Gasteiger partial charge in [-0.15, -0.1) is 0 Å². The van der Waals surface area contributed by atoms with Crippen molar-refractivity contribution in [3.8, 4) is 17.0 Å². The van der Waals surface area contributed by atoms with Crippen molar-refractivity contribution in [3.63, 3.8) is 0 Å². The molecule has 0 bridgehead atoms. The number of H-pyrrole nitrogens is 1. The molecular weight excluding hydrogens is 332 g/mol. The Morgan fingerprint density at radius 2 is 2.08 bits per heavy atom. The lowest BCUT2D eigenvalue weighted by Gasteiger charge is -2.14. The highest BCUT2D eigenvalue weighted by Crippen LogP contribution is 2.37. The van der Waals surface area contributed by atoms with E-state index in [1.807, 2.05) is 14.1 Å². The van der Waals surface area contributed by atoms with Gasteiger partial charge in [0.15, 0.2) is 0 Å². The van der Waals surface area contributed by atoms with E-state index in [0.29, 0.717) is 38.9 Å². The number of aromatic amines is 1. The summed E-state index contributed by atoms with van der Waals surface area (Å²) in [6, 6.07) is 3.38. The summed E-state index contributed by atoms with van der Waals surface area (Å²) >= 11 is 6.37. The molecule has 0 saturated carbocycles. The van der Waals surface area contributed by atoms with Crippen LogP contribution >= 0.6 is 11.6 Å². The number of carboxylic acids is 1. The van der Waals surface area contributed by atoms with Crippen molar-refractivity contribution in [3.05, 3.63) is 35.1 Å². The van der Waals surface area contributed by atoms with Crippen molar-refractivity contribution >= 4 is 34.4 Å². The summed E-state index contributed by atoms with van der Waals surface area (Å²) in [4.78, 5) is 24.6. The third-order valence-electron chi connectivity index (χ3n) is 3.62. The standard InChI is InChI=1S/C16H15ClN4O3/c1-21(2)16-19-6-10(14(20-16)24-3)8-4-9-11(15(22)23)7-18-13(9)5-12(8)17/h4-7,18H,1-3H3,(H,22,23). The minimum Gasteiger partial charge on any atom is -0.480 e. The summed E-state index contributed by atoms with van der Waals surface area (Å²) in [6.45, 7) is 0. The maximum Gasteiger partial charge on any atom is 0.337 e. The van der Waals surface area contributed by atoms with Crippen molar-refractivity contribution < 1.29 is 14.6 Å². The van der Waals surface area contributed by atoms with Gasteiger partial charge in [-0.2, -0.15) is 4.98 Å². The van der Waals surface area contributed by atoms with Gasteiger partial charge < -0.3 is 19.7 Å². The predicted octanol–water partition coefficient (Wildman–Crippen LogP) is 3.05. The third-order valence-corrected chi connectivity index (χ3v) is 3.94. The fourth-order valence-corrected chi connectivity index (χ4v) is 2.71. The van der Waals surface area contributed by atoms with Crippen molar-refractivity contribution in [2.24, 2.45) is 0 Å². The first-order valence-electron chi connectivity index (χ1n) is 7.05. The molecule has 24 heavy (non-hydrogen) atoms. The van der Waals surface area contributed by atoms with Crippen LogP contribution in [0.4, 0.5) is 5.95 Å². The molecular formula is C16H15ClN4O3. The van der Waals surface area contributed by atoms with Crippen LogP contribution in [0.2, 0.25) is 5.02 Å². The number of aromatic nitrogens is 3. The monoisotopic (exact) mass is 346 g/mol. The van der Waals surface area contributed by atoms with Crippen LogP contribution in [0.3, 0.4) is 0 Å². The molecule has 1 aromatic carbocycles. The zero-order chi connectivity index (χ0) is 17.4. The highest BCUT2D eigenvalue weighted by molar-refractivity contribution is 6.34. The average Bonchev–Trinajstić information content (AvgIpc) is 2.96. The normalized spacial score (nSPS) is 10.8. The minimum atomic E-state index is -1.01. The van der Waals surface area contributed by atoms with Crippen LogP contribution in [0, 0.1) is 0 Å². The van der Waals surface area contributed by atoms with Gasteiger partial charge >= 0.3 is 5.97 Å². The second-order valence-corrected chi connectivity index (χ2v) is 5.78. The number of rotatable bonds is 4. The summed E-state index contributed by atoms with van der Waals surface area (Å²) < 4.78 is 5.36. The molecule has 3 aromatic rings. The maximum absolute atomic E-state index is 11.3. The number of ether oxygens (including phenoxy) is 1. The highest BCUT2D eigenvalue weighted by Gasteiger charge is 2.18. The van der Waals surface area contributed by atoms with Gasteiger partial charge in [0, 0.05) is 43.0 Å². The lowest BCUT2D eigenvalue weighted by atomic mass is 10.0. The lowest BCUT2D eigenvalue weighted by Crippen LogP contribution is -2.13. The van der Waals surface area contributed by atoms with E-state index in [9.17, 15) is 9.90 Å². The molecule has 0 amide bonds. The van der Waals surface area contributed by atoms with Crippen LogP contribution in [-0.2, 0) is 0 Å². The Bertz CT molecular complexity index is 936. The van der Waals surface area contributed by atoms with Crippen molar-refractivity contribution in [1.29, 1.82) is 0 Å². The van der Waals surface area contributed by atoms with Gasteiger partial charge in [-0.25, -0.2) is 9.78 Å². The van der Waals surface area contributed by atoms with Crippen LogP contribution in [0.5, 0.6) is 5.88 Å². The number of hydrogen-bond donors (Lipinski definition) is 2. The molecule has 3 rings (SSSR count). The smallest absolute Gasteiger partial charge is 0.337 e. The van der Waals surface area contributed by atoms with Crippen LogP contribution in [0.15, 0.2) is 24.5 Å². The van der Waals surface area contributed by atoms with Gasteiger partial charge in [-0.3, -0.25) is 0 Å².